The normalized spacial score (nSPS) is 11.1. The van der Waals surface area contributed by atoms with Gasteiger partial charge in [0.25, 0.3) is 10.0 Å². The van der Waals surface area contributed by atoms with E-state index >= 15 is 0 Å². The molecule has 0 bridgehead atoms. The number of halogens is 1. The predicted octanol–water partition coefficient (Wildman–Crippen LogP) is 4.69. The van der Waals surface area contributed by atoms with Crippen LogP contribution in [0.4, 0.5) is 21.5 Å². The molecule has 27 heavy (non-hydrogen) atoms. The van der Waals surface area contributed by atoms with Gasteiger partial charge < -0.3 is 10.1 Å². The number of sulfonamides is 1. The van der Waals surface area contributed by atoms with Gasteiger partial charge in [-0.3, -0.25) is 4.72 Å². The first-order valence-electron chi connectivity index (χ1n) is 8.17. The van der Waals surface area contributed by atoms with E-state index in [-0.39, 0.29) is 10.7 Å². The number of hydrogen-bond donors (Lipinski definition) is 2. The molecular weight excluding hydrogens is 367 g/mol. The first-order valence-corrected chi connectivity index (χ1v) is 9.66. The first-order chi connectivity index (χ1) is 12.9. The maximum Gasteiger partial charge on any atom is 0.262 e. The molecule has 5 nitrogen and oxygen atoms in total. The Bertz CT molecular complexity index is 1030. The number of benzene rings is 3. The van der Waals surface area contributed by atoms with E-state index in [0.29, 0.717) is 17.0 Å². The number of methoxy groups -OCH3 is 1. The largest absolute Gasteiger partial charge is 0.497 e. The smallest absolute Gasteiger partial charge is 0.262 e. The van der Waals surface area contributed by atoms with Gasteiger partial charge in [0.15, 0.2) is 0 Å². The van der Waals surface area contributed by atoms with Crippen LogP contribution in [0.1, 0.15) is 5.56 Å². The highest BCUT2D eigenvalue weighted by Crippen LogP contribution is 2.25. The van der Waals surface area contributed by atoms with Gasteiger partial charge in [-0.15, -0.1) is 0 Å². The van der Waals surface area contributed by atoms with Crippen LogP contribution in [-0.4, -0.2) is 15.5 Å². The highest BCUT2D eigenvalue weighted by atomic mass is 32.2. The minimum absolute atomic E-state index is 0.191. The second-order valence-electron chi connectivity index (χ2n) is 5.95. The monoisotopic (exact) mass is 386 g/mol. The molecule has 0 saturated carbocycles. The molecule has 0 heterocycles. The van der Waals surface area contributed by atoms with E-state index < -0.39 is 10.0 Å². The minimum atomic E-state index is -3.71. The maximum absolute atomic E-state index is 12.9. The fourth-order valence-corrected chi connectivity index (χ4v) is 3.87. The van der Waals surface area contributed by atoms with Crippen molar-refractivity contribution in [2.24, 2.45) is 0 Å². The van der Waals surface area contributed by atoms with E-state index in [0.717, 1.165) is 11.4 Å². The van der Waals surface area contributed by atoms with Gasteiger partial charge in [-0.1, -0.05) is 0 Å². The lowest BCUT2D eigenvalue weighted by Crippen LogP contribution is -2.14. The summed E-state index contributed by atoms with van der Waals surface area (Å²) >= 11 is 0. The molecule has 0 spiro atoms. The first kappa shape index (κ1) is 18.7. The summed E-state index contributed by atoms with van der Waals surface area (Å²) in [5.41, 5.74) is 2.52. The number of aryl methyl sites for hydroxylation is 1. The molecule has 3 rings (SSSR count). The van der Waals surface area contributed by atoms with Crippen molar-refractivity contribution >= 4 is 27.1 Å². The van der Waals surface area contributed by atoms with Crippen molar-refractivity contribution in [1.82, 2.24) is 0 Å². The second kappa shape index (κ2) is 7.67. The molecule has 0 aliphatic heterocycles. The quantitative estimate of drug-likeness (QED) is 0.645. The summed E-state index contributed by atoms with van der Waals surface area (Å²) in [4.78, 5) is 0.191. The number of ether oxygens (including phenoxy) is 1. The Hall–Kier alpha value is -3.06. The molecule has 0 unspecified atom stereocenters. The van der Waals surface area contributed by atoms with Gasteiger partial charge in [-0.2, -0.15) is 0 Å². The van der Waals surface area contributed by atoms with Gasteiger partial charge >= 0.3 is 0 Å². The fourth-order valence-electron chi connectivity index (χ4n) is 2.58. The summed E-state index contributed by atoms with van der Waals surface area (Å²) in [5.74, 6) is 0.293. The van der Waals surface area contributed by atoms with E-state index in [4.69, 9.17) is 4.74 Å². The van der Waals surface area contributed by atoms with Crippen LogP contribution in [0.5, 0.6) is 5.75 Å². The summed E-state index contributed by atoms with van der Waals surface area (Å²) < 4.78 is 45.9. The summed E-state index contributed by atoms with van der Waals surface area (Å²) in [6.07, 6.45) is 0. The minimum Gasteiger partial charge on any atom is -0.497 e. The lowest BCUT2D eigenvalue weighted by molar-refractivity contribution is 0.414. The van der Waals surface area contributed by atoms with Crippen molar-refractivity contribution in [3.05, 3.63) is 78.1 Å². The van der Waals surface area contributed by atoms with Crippen molar-refractivity contribution in [2.45, 2.75) is 11.8 Å². The SMILES string of the molecule is COc1ccc(S(=O)(=O)Nc2ccc(Nc3ccc(F)cc3)cc2)c(C)c1. The average molecular weight is 386 g/mol. The highest BCUT2D eigenvalue weighted by molar-refractivity contribution is 7.92. The molecule has 0 amide bonds. The zero-order valence-corrected chi connectivity index (χ0v) is 15.7. The van der Waals surface area contributed by atoms with Gasteiger partial charge in [0, 0.05) is 17.1 Å². The van der Waals surface area contributed by atoms with Crippen molar-refractivity contribution in [2.75, 3.05) is 17.1 Å². The standard InChI is InChI=1S/C20H19FN2O3S/c1-14-13-19(26-2)11-12-20(14)27(24,25)23-18-9-7-17(8-10-18)22-16-5-3-15(21)4-6-16/h3-13,22-23H,1-2H3. The molecule has 0 atom stereocenters. The highest BCUT2D eigenvalue weighted by Gasteiger charge is 2.17. The summed E-state index contributed by atoms with van der Waals surface area (Å²) in [6.45, 7) is 1.72. The Balaban J connectivity index is 1.74. The molecule has 3 aromatic rings. The van der Waals surface area contributed by atoms with Gasteiger partial charge in [-0.05, 0) is 79.2 Å². The number of anilines is 3. The van der Waals surface area contributed by atoms with E-state index in [2.05, 4.69) is 10.0 Å². The number of rotatable bonds is 6. The van der Waals surface area contributed by atoms with E-state index in [9.17, 15) is 12.8 Å². The predicted molar refractivity (Wildman–Crippen MR) is 105 cm³/mol. The molecule has 0 aliphatic rings. The third kappa shape index (κ3) is 4.57. The van der Waals surface area contributed by atoms with Crippen molar-refractivity contribution in [3.63, 3.8) is 0 Å². The van der Waals surface area contributed by atoms with Crippen LogP contribution in [0.3, 0.4) is 0 Å². The van der Waals surface area contributed by atoms with E-state index in [1.165, 1.54) is 25.3 Å². The van der Waals surface area contributed by atoms with Crippen LogP contribution in [0.2, 0.25) is 0 Å². The molecule has 7 heteroatoms. The van der Waals surface area contributed by atoms with Crippen LogP contribution < -0.4 is 14.8 Å². The van der Waals surface area contributed by atoms with Gasteiger partial charge in [0.1, 0.15) is 11.6 Å². The lowest BCUT2D eigenvalue weighted by Gasteiger charge is -2.12. The number of nitrogens with one attached hydrogen (secondary N) is 2. The summed E-state index contributed by atoms with van der Waals surface area (Å²) in [6, 6.07) is 17.6. The van der Waals surface area contributed by atoms with Crippen LogP contribution in [0.15, 0.2) is 71.6 Å². The van der Waals surface area contributed by atoms with Crippen molar-refractivity contribution in [3.8, 4) is 5.75 Å². The molecule has 0 aliphatic carbocycles. The third-order valence-corrected chi connectivity index (χ3v) is 5.48. The maximum atomic E-state index is 12.9. The lowest BCUT2D eigenvalue weighted by atomic mass is 10.2. The Morgan fingerprint density at radius 3 is 1.96 bits per heavy atom. The second-order valence-corrected chi connectivity index (χ2v) is 7.60. The molecule has 140 valence electrons. The van der Waals surface area contributed by atoms with E-state index in [1.807, 2.05) is 0 Å². The van der Waals surface area contributed by atoms with Gasteiger partial charge in [0.05, 0.1) is 12.0 Å². The molecular formula is C20H19FN2O3S. The Morgan fingerprint density at radius 2 is 1.41 bits per heavy atom. The van der Waals surface area contributed by atoms with Crippen LogP contribution >= 0.6 is 0 Å². The van der Waals surface area contributed by atoms with E-state index in [1.54, 1.807) is 55.5 Å². The van der Waals surface area contributed by atoms with Crippen LogP contribution in [0, 0.1) is 12.7 Å². The summed E-state index contributed by atoms with van der Waals surface area (Å²) in [7, 11) is -2.18. The van der Waals surface area contributed by atoms with Gasteiger partial charge in [-0.25, -0.2) is 12.8 Å². The molecule has 3 aromatic carbocycles. The zero-order chi connectivity index (χ0) is 19.4. The Kier molecular flexibility index (Phi) is 5.32. The van der Waals surface area contributed by atoms with Crippen molar-refractivity contribution < 1.29 is 17.5 Å². The van der Waals surface area contributed by atoms with Crippen molar-refractivity contribution in [1.29, 1.82) is 0 Å². The van der Waals surface area contributed by atoms with Gasteiger partial charge in [0.2, 0.25) is 0 Å². The molecule has 2 N–H and O–H groups in total. The Labute approximate surface area is 157 Å². The molecule has 0 aromatic heterocycles. The molecule has 0 fully saturated rings. The average Bonchev–Trinajstić information content (AvgIpc) is 2.64. The fraction of sp³-hybridized carbons (Fsp3) is 0.100. The molecule has 0 saturated heterocycles. The molecule has 0 radical (unpaired) electrons. The van der Waals surface area contributed by atoms with Crippen LogP contribution in [-0.2, 0) is 10.0 Å². The summed E-state index contributed by atoms with van der Waals surface area (Å²) in [5, 5.41) is 3.12. The Morgan fingerprint density at radius 1 is 0.852 bits per heavy atom. The topological polar surface area (TPSA) is 67.4 Å². The zero-order valence-electron chi connectivity index (χ0n) is 14.9. The number of hydrogen-bond acceptors (Lipinski definition) is 4. The van der Waals surface area contributed by atoms with Crippen LogP contribution in [0.25, 0.3) is 0 Å². The third-order valence-electron chi connectivity index (χ3n) is 3.94.